The molecule has 1 atom stereocenters. The second-order valence-corrected chi connectivity index (χ2v) is 4.32. The first-order valence-electron chi connectivity index (χ1n) is 5.00. The van der Waals surface area contributed by atoms with E-state index in [9.17, 15) is 9.59 Å². The van der Waals surface area contributed by atoms with Gasteiger partial charge in [0.2, 0.25) is 11.8 Å². The molecule has 1 saturated heterocycles. The van der Waals surface area contributed by atoms with E-state index in [-0.39, 0.29) is 17.9 Å². The summed E-state index contributed by atoms with van der Waals surface area (Å²) >= 11 is 0. The zero-order valence-corrected chi connectivity index (χ0v) is 9.26. The average Bonchev–Trinajstić information content (AvgIpc) is 2.08. The fraction of sp³-hybridized carbons (Fsp3) is 0.800. The van der Waals surface area contributed by atoms with Crippen molar-refractivity contribution in [3.05, 3.63) is 0 Å². The van der Waals surface area contributed by atoms with Crippen LogP contribution in [-0.2, 0) is 9.59 Å². The van der Waals surface area contributed by atoms with Crippen molar-refractivity contribution in [3.8, 4) is 0 Å². The van der Waals surface area contributed by atoms with Gasteiger partial charge >= 0.3 is 0 Å². The standard InChI is InChI=1S/C10H18N2O2/c1-5-12-7(2)6-8(13)11-10(3,4)9(12)14/h7H,5-6H2,1-4H3,(H,11,13). The number of rotatable bonds is 1. The molecule has 1 heterocycles. The Bertz CT molecular complexity index is 261. The highest BCUT2D eigenvalue weighted by Gasteiger charge is 2.38. The van der Waals surface area contributed by atoms with Crippen molar-refractivity contribution in [2.75, 3.05) is 6.54 Å². The van der Waals surface area contributed by atoms with E-state index in [1.165, 1.54) is 0 Å². The first kappa shape index (κ1) is 11.0. The fourth-order valence-electron chi connectivity index (χ4n) is 1.85. The van der Waals surface area contributed by atoms with Gasteiger partial charge in [0.05, 0.1) is 0 Å². The molecule has 1 aliphatic rings. The van der Waals surface area contributed by atoms with Crippen LogP contribution in [0.5, 0.6) is 0 Å². The third-order valence-electron chi connectivity index (χ3n) is 2.60. The molecule has 0 aromatic rings. The summed E-state index contributed by atoms with van der Waals surface area (Å²) in [5.41, 5.74) is -0.766. The lowest BCUT2D eigenvalue weighted by Crippen LogP contribution is -2.53. The largest absolute Gasteiger partial charge is 0.342 e. The summed E-state index contributed by atoms with van der Waals surface area (Å²) in [7, 11) is 0. The van der Waals surface area contributed by atoms with Crippen LogP contribution in [-0.4, -0.2) is 34.8 Å². The minimum absolute atomic E-state index is 0.00153. The Morgan fingerprint density at radius 3 is 2.57 bits per heavy atom. The first-order chi connectivity index (χ1) is 6.38. The van der Waals surface area contributed by atoms with E-state index in [0.717, 1.165) is 0 Å². The van der Waals surface area contributed by atoms with Crippen molar-refractivity contribution in [2.24, 2.45) is 0 Å². The molecule has 0 bridgehead atoms. The fourth-order valence-corrected chi connectivity index (χ4v) is 1.85. The molecule has 0 saturated carbocycles. The lowest BCUT2D eigenvalue weighted by Gasteiger charge is -2.30. The van der Waals surface area contributed by atoms with Crippen LogP contribution in [0.15, 0.2) is 0 Å². The van der Waals surface area contributed by atoms with Crippen molar-refractivity contribution in [3.63, 3.8) is 0 Å². The first-order valence-corrected chi connectivity index (χ1v) is 5.00. The summed E-state index contributed by atoms with van der Waals surface area (Å²) in [4.78, 5) is 25.1. The second-order valence-electron chi connectivity index (χ2n) is 4.32. The topological polar surface area (TPSA) is 49.4 Å². The Morgan fingerprint density at radius 2 is 2.07 bits per heavy atom. The highest BCUT2D eigenvalue weighted by Crippen LogP contribution is 2.17. The molecule has 0 radical (unpaired) electrons. The summed E-state index contributed by atoms with van der Waals surface area (Å²) in [6.07, 6.45) is 0.392. The summed E-state index contributed by atoms with van der Waals surface area (Å²) in [6, 6.07) is -0.00530. The summed E-state index contributed by atoms with van der Waals surface area (Å²) in [5.74, 6) is -0.0508. The molecule has 0 aromatic heterocycles. The lowest BCUT2D eigenvalue weighted by molar-refractivity contribution is -0.138. The predicted octanol–water partition coefficient (Wildman–Crippen LogP) is 0.522. The molecular formula is C10H18N2O2. The van der Waals surface area contributed by atoms with Crippen molar-refractivity contribution < 1.29 is 9.59 Å². The van der Waals surface area contributed by atoms with Gasteiger partial charge in [0.15, 0.2) is 0 Å². The monoisotopic (exact) mass is 198 g/mol. The molecule has 80 valence electrons. The second kappa shape index (κ2) is 3.59. The molecule has 4 heteroatoms. The van der Waals surface area contributed by atoms with Crippen LogP contribution in [0.25, 0.3) is 0 Å². The molecule has 0 aliphatic carbocycles. The van der Waals surface area contributed by atoms with Gasteiger partial charge in [-0.15, -0.1) is 0 Å². The third-order valence-corrected chi connectivity index (χ3v) is 2.60. The minimum Gasteiger partial charge on any atom is -0.342 e. The normalized spacial score (nSPS) is 27.1. The zero-order chi connectivity index (χ0) is 10.9. The maximum absolute atomic E-state index is 12.0. The Balaban J connectivity index is 2.98. The van der Waals surface area contributed by atoms with E-state index in [4.69, 9.17) is 0 Å². The summed E-state index contributed by atoms with van der Waals surface area (Å²) in [5, 5.41) is 2.73. The average molecular weight is 198 g/mol. The van der Waals surface area contributed by atoms with Crippen LogP contribution < -0.4 is 5.32 Å². The molecule has 1 rings (SSSR count). The van der Waals surface area contributed by atoms with Gasteiger partial charge in [-0.3, -0.25) is 9.59 Å². The zero-order valence-electron chi connectivity index (χ0n) is 9.26. The van der Waals surface area contributed by atoms with Crippen molar-refractivity contribution in [1.29, 1.82) is 0 Å². The summed E-state index contributed by atoms with van der Waals surface area (Å²) in [6.45, 7) is 7.98. The van der Waals surface area contributed by atoms with Crippen LogP contribution in [0.3, 0.4) is 0 Å². The van der Waals surface area contributed by atoms with Gasteiger partial charge < -0.3 is 10.2 Å². The Hall–Kier alpha value is -1.06. The molecule has 1 N–H and O–H groups in total. The van der Waals surface area contributed by atoms with Gasteiger partial charge in [-0.05, 0) is 27.7 Å². The van der Waals surface area contributed by atoms with Crippen LogP contribution in [0.2, 0.25) is 0 Å². The van der Waals surface area contributed by atoms with Crippen LogP contribution in [0, 0.1) is 0 Å². The Labute approximate surface area is 84.7 Å². The summed E-state index contributed by atoms with van der Waals surface area (Å²) < 4.78 is 0. The molecule has 1 aliphatic heterocycles. The number of hydrogen-bond acceptors (Lipinski definition) is 2. The van der Waals surface area contributed by atoms with E-state index in [0.29, 0.717) is 13.0 Å². The molecule has 2 amide bonds. The molecule has 0 spiro atoms. The number of nitrogens with one attached hydrogen (secondary N) is 1. The lowest BCUT2D eigenvalue weighted by atomic mass is 10.0. The predicted molar refractivity (Wildman–Crippen MR) is 53.7 cm³/mol. The number of carbonyl (C=O) groups is 2. The smallest absolute Gasteiger partial charge is 0.247 e. The highest BCUT2D eigenvalue weighted by molar-refractivity contribution is 5.93. The van der Waals surface area contributed by atoms with E-state index in [2.05, 4.69) is 5.32 Å². The van der Waals surface area contributed by atoms with Crippen LogP contribution in [0.1, 0.15) is 34.1 Å². The number of nitrogens with zero attached hydrogens (tertiary/aromatic N) is 1. The number of likely N-dealkylation sites (N-methyl/N-ethyl adjacent to an activating group) is 1. The van der Waals surface area contributed by atoms with Crippen LogP contribution in [0.4, 0.5) is 0 Å². The third kappa shape index (κ3) is 1.89. The van der Waals surface area contributed by atoms with Gasteiger partial charge in [0, 0.05) is 19.0 Å². The van der Waals surface area contributed by atoms with E-state index >= 15 is 0 Å². The molecule has 4 nitrogen and oxygen atoms in total. The van der Waals surface area contributed by atoms with Gasteiger partial charge in [-0.25, -0.2) is 0 Å². The molecular weight excluding hydrogens is 180 g/mol. The maximum atomic E-state index is 12.0. The van der Waals surface area contributed by atoms with Crippen molar-refractivity contribution in [2.45, 2.75) is 45.7 Å². The van der Waals surface area contributed by atoms with E-state index < -0.39 is 5.54 Å². The van der Waals surface area contributed by atoms with Crippen LogP contribution >= 0.6 is 0 Å². The highest BCUT2D eigenvalue weighted by atomic mass is 16.2. The quantitative estimate of drug-likeness (QED) is 0.668. The molecule has 14 heavy (non-hydrogen) atoms. The molecule has 1 fully saturated rings. The number of amides is 2. The number of hydrogen-bond donors (Lipinski definition) is 1. The number of carbonyl (C=O) groups excluding carboxylic acids is 2. The van der Waals surface area contributed by atoms with Gasteiger partial charge in [0.1, 0.15) is 5.54 Å². The van der Waals surface area contributed by atoms with Crippen molar-refractivity contribution >= 4 is 11.8 Å². The van der Waals surface area contributed by atoms with Gasteiger partial charge in [-0.2, -0.15) is 0 Å². The van der Waals surface area contributed by atoms with E-state index in [1.54, 1.807) is 18.7 Å². The van der Waals surface area contributed by atoms with E-state index in [1.807, 2.05) is 13.8 Å². The SMILES string of the molecule is CCN1C(=O)C(C)(C)NC(=O)CC1C. The van der Waals surface area contributed by atoms with Gasteiger partial charge in [-0.1, -0.05) is 0 Å². The Kier molecular flexibility index (Phi) is 2.83. The Morgan fingerprint density at radius 1 is 1.50 bits per heavy atom. The van der Waals surface area contributed by atoms with Crippen molar-refractivity contribution in [1.82, 2.24) is 10.2 Å². The molecule has 0 aromatic carbocycles. The minimum atomic E-state index is -0.766. The maximum Gasteiger partial charge on any atom is 0.247 e. The molecule has 1 unspecified atom stereocenters. The van der Waals surface area contributed by atoms with Gasteiger partial charge in [0.25, 0.3) is 0 Å².